The van der Waals surface area contributed by atoms with Crippen molar-refractivity contribution >= 4 is 23.2 Å². The molecule has 0 saturated carbocycles. The fourth-order valence-corrected chi connectivity index (χ4v) is 3.47. The molecule has 4 nitrogen and oxygen atoms in total. The van der Waals surface area contributed by atoms with Crippen molar-refractivity contribution in [3.8, 4) is 6.07 Å². The normalized spacial score (nSPS) is 14.2. The summed E-state index contributed by atoms with van der Waals surface area (Å²) in [5.74, 6) is 0.235. The van der Waals surface area contributed by atoms with Crippen molar-refractivity contribution in [1.29, 1.82) is 5.26 Å². The average molecular weight is 368 g/mol. The molecule has 0 spiro atoms. The molecule has 1 aliphatic rings. The molecule has 1 fully saturated rings. The van der Waals surface area contributed by atoms with Crippen molar-refractivity contribution in [3.63, 3.8) is 0 Å². The Morgan fingerprint density at radius 3 is 2.46 bits per heavy atom. The predicted molar refractivity (Wildman–Crippen MR) is 104 cm³/mol. The van der Waals surface area contributed by atoms with E-state index in [2.05, 4.69) is 23.1 Å². The first kappa shape index (κ1) is 18.3. The zero-order chi connectivity index (χ0) is 18.4. The third kappa shape index (κ3) is 4.56. The molecule has 0 aliphatic carbocycles. The van der Waals surface area contributed by atoms with E-state index in [4.69, 9.17) is 16.9 Å². The van der Waals surface area contributed by atoms with Gasteiger partial charge in [0.15, 0.2) is 0 Å². The lowest BCUT2D eigenvalue weighted by Gasteiger charge is -2.36. The molecule has 26 heavy (non-hydrogen) atoms. The summed E-state index contributed by atoms with van der Waals surface area (Å²) in [6.45, 7) is 3.02. The Morgan fingerprint density at radius 1 is 1.08 bits per heavy atom. The molecule has 2 aromatic rings. The molecular formula is C21H22ClN3O. The molecule has 0 unspecified atom stereocenters. The van der Waals surface area contributed by atoms with Gasteiger partial charge < -0.3 is 9.80 Å². The lowest BCUT2D eigenvalue weighted by atomic mass is 10.1. The van der Waals surface area contributed by atoms with Gasteiger partial charge in [0.2, 0.25) is 5.91 Å². The zero-order valence-corrected chi connectivity index (χ0v) is 15.5. The van der Waals surface area contributed by atoms with E-state index in [1.807, 2.05) is 35.2 Å². The minimum Gasteiger partial charge on any atom is -0.368 e. The first-order valence-corrected chi connectivity index (χ1v) is 9.31. The van der Waals surface area contributed by atoms with Gasteiger partial charge in [-0.2, -0.15) is 5.26 Å². The van der Waals surface area contributed by atoms with Crippen LogP contribution in [0, 0.1) is 11.3 Å². The minimum atomic E-state index is 0.235. The smallest absolute Gasteiger partial charge is 0.222 e. The fraction of sp³-hybridized carbons (Fsp3) is 0.333. The van der Waals surface area contributed by atoms with Crippen molar-refractivity contribution in [1.82, 2.24) is 4.90 Å². The molecule has 2 aromatic carbocycles. The number of carbonyl (C=O) groups is 1. The zero-order valence-electron chi connectivity index (χ0n) is 14.7. The number of hydrogen-bond donors (Lipinski definition) is 0. The Hall–Kier alpha value is -2.51. The highest BCUT2D eigenvalue weighted by Crippen LogP contribution is 2.24. The Labute approximate surface area is 159 Å². The van der Waals surface area contributed by atoms with Crippen LogP contribution in [0.5, 0.6) is 0 Å². The number of halogens is 1. The van der Waals surface area contributed by atoms with Gasteiger partial charge in [-0.05, 0) is 36.6 Å². The topological polar surface area (TPSA) is 47.3 Å². The van der Waals surface area contributed by atoms with Crippen molar-refractivity contribution in [3.05, 3.63) is 64.7 Å². The van der Waals surface area contributed by atoms with Gasteiger partial charge in [0.1, 0.15) is 6.07 Å². The number of aryl methyl sites for hydroxylation is 1. The first-order valence-electron chi connectivity index (χ1n) is 8.93. The molecule has 1 heterocycles. The van der Waals surface area contributed by atoms with Crippen molar-refractivity contribution in [2.45, 2.75) is 19.3 Å². The molecule has 134 valence electrons. The summed E-state index contributed by atoms with van der Waals surface area (Å²) in [4.78, 5) is 16.6. The summed E-state index contributed by atoms with van der Waals surface area (Å²) in [5.41, 5.74) is 2.77. The van der Waals surface area contributed by atoms with Gasteiger partial charge in [0.25, 0.3) is 0 Å². The number of piperazine rings is 1. The van der Waals surface area contributed by atoms with Crippen LogP contribution in [0.15, 0.2) is 48.5 Å². The van der Waals surface area contributed by atoms with Crippen LogP contribution in [0.25, 0.3) is 0 Å². The maximum absolute atomic E-state index is 12.4. The largest absolute Gasteiger partial charge is 0.368 e. The minimum absolute atomic E-state index is 0.235. The fourth-order valence-electron chi connectivity index (χ4n) is 3.25. The number of nitrogens with zero attached hydrogens (tertiary/aromatic N) is 3. The second kappa shape index (κ2) is 8.73. The van der Waals surface area contributed by atoms with Crippen LogP contribution in [0.3, 0.4) is 0 Å². The van der Waals surface area contributed by atoms with E-state index >= 15 is 0 Å². The number of nitriles is 1. The third-order valence-electron chi connectivity index (χ3n) is 4.77. The number of rotatable bonds is 5. The number of carbonyl (C=O) groups excluding carboxylic acids is 1. The predicted octanol–water partition coefficient (Wildman–Crippen LogP) is 3.88. The summed E-state index contributed by atoms with van der Waals surface area (Å²) in [6.07, 6.45) is 2.42. The van der Waals surface area contributed by atoms with Gasteiger partial charge in [-0.1, -0.05) is 41.9 Å². The van der Waals surface area contributed by atoms with E-state index in [0.717, 1.165) is 44.7 Å². The molecule has 0 aromatic heterocycles. The summed E-state index contributed by atoms with van der Waals surface area (Å²) in [6, 6.07) is 17.9. The summed E-state index contributed by atoms with van der Waals surface area (Å²) in [5, 5.41) is 9.44. The number of anilines is 1. The van der Waals surface area contributed by atoms with Gasteiger partial charge in [-0.3, -0.25) is 4.79 Å². The van der Waals surface area contributed by atoms with E-state index in [9.17, 15) is 4.79 Å². The summed E-state index contributed by atoms with van der Waals surface area (Å²) >= 11 is 6.12. The molecular weight excluding hydrogens is 346 g/mol. The SMILES string of the molecule is N#Cc1ccc(N2CCN(C(=O)CCCc3ccccc3)CC2)cc1Cl. The van der Waals surface area contributed by atoms with Crippen LogP contribution in [0.4, 0.5) is 5.69 Å². The van der Waals surface area contributed by atoms with Gasteiger partial charge in [-0.15, -0.1) is 0 Å². The van der Waals surface area contributed by atoms with Crippen LogP contribution >= 0.6 is 11.6 Å². The highest BCUT2D eigenvalue weighted by Gasteiger charge is 2.21. The second-order valence-electron chi connectivity index (χ2n) is 6.48. The van der Waals surface area contributed by atoms with Crippen molar-refractivity contribution in [2.24, 2.45) is 0 Å². The number of amides is 1. The van der Waals surface area contributed by atoms with E-state index in [-0.39, 0.29) is 5.91 Å². The standard InChI is InChI=1S/C21H22ClN3O/c22-20-15-19(10-9-18(20)16-23)24-11-13-25(14-12-24)21(26)8-4-7-17-5-2-1-3-6-17/h1-3,5-6,9-10,15H,4,7-8,11-14H2. The summed E-state index contributed by atoms with van der Waals surface area (Å²) < 4.78 is 0. The lowest BCUT2D eigenvalue weighted by Crippen LogP contribution is -2.48. The highest BCUT2D eigenvalue weighted by molar-refractivity contribution is 6.32. The third-order valence-corrected chi connectivity index (χ3v) is 5.08. The van der Waals surface area contributed by atoms with Gasteiger partial charge >= 0.3 is 0 Å². The molecule has 1 saturated heterocycles. The van der Waals surface area contributed by atoms with Gasteiger partial charge in [-0.25, -0.2) is 0 Å². The van der Waals surface area contributed by atoms with Crippen LogP contribution in [-0.4, -0.2) is 37.0 Å². The molecule has 0 atom stereocenters. The Kier molecular flexibility index (Phi) is 6.14. The number of hydrogen-bond acceptors (Lipinski definition) is 3. The van der Waals surface area contributed by atoms with Crippen LogP contribution in [-0.2, 0) is 11.2 Å². The van der Waals surface area contributed by atoms with E-state index in [0.29, 0.717) is 17.0 Å². The van der Waals surface area contributed by atoms with Crippen molar-refractivity contribution in [2.75, 3.05) is 31.1 Å². The monoisotopic (exact) mass is 367 g/mol. The Balaban J connectivity index is 1.46. The lowest BCUT2D eigenvalue weighted by molar-refractivity contribution is -0.131. The molecule has 0 radical (unpaired) electrons. The molecule has 3 rings (SSSR count). The van der Waals surface area contributed by atoms with Crippen molar-refractivity contribution < 1.29 is 4.79 Å². The summed E-state index contributed by atoms with van der Waals surface area (Å²) in [7, 11) is 0. The Morgan fingerprint density at radius 2 is 1.81 bits per heavy atom. The van der Waals surface area contributed by atoms with E-state index in [1.165, 1.54) is 5.56 Å². The molecule has 0 bridgehead atoms. The van der Waals surface area contributed by atoms with E-state index in [1.54, 1.807) is 6.07 Å². The quantitative estimate of drug-likeness (QED) is 0.805. The van der Waals surface area contributed by atoms with E-state index < -0.39 is 0 Å². The molecule has 1 amide bonds. The van der Waals surface area contributed by atoms with Crippen LogP contribution < -0.4 is 4.90 Å². The molecule has 5 heteroatoms. The van der Waals surface area contributed by atoms with Crippen LogP contribution in [0.1, 0.15) is 24.0 Å². The number of benzene rings is 2. The average Bonchev–Trinajstić information content (AvgIpc) is 2.69. The second-order valence-corrected chi connectivity index (χ2v) is 6.89. The van der Waals surface area contributed by atoms with Gasteiger partial charge in [0, 0.05) is 38.3 Å². The highest BCUT2D eigenvalue weighted by atomic mass is 35.5. The maximum atomic E-state index is 12.4. The Bertz CT molecular complexity index is 793. The first-order chi connectivity index (χ1) is 12.7. The maximum Gasteiger partial charge on any atom is 0.222 e. The molecule has 1 aliphatic heterocycles. The molecule has 0 N–H and O–H groups in total. The van der Waals surface area contributed by atoms with Gasteiger partial charge in [0.05, 0.1) is 10.6 Å². The van der Waals surface area contributed by atoms with Crippen LogP contribution in [0.2, 0.25) is 5.02 Å².